The van der Waals surface area contributed by atoms with Crippen LogP contribution in [0, 0.1) is 6.92 Å². The number of nitrogens with two attached hydrogens (primary N) is 1. The summed E-state index contributed by atoms with van der Waals surface area (Å²) in [7, 11) is 1.64. The number of anilines is 1. The van der Waals surface area contributed by atoms with Gasteiger partial charge in [-0.3, -0.25) is 0 Å². The monoisotopic (exact) mass is 250 g/mol. The van der Waals surface area contributed by atoms with Gasteiger partial charge < -0.3 is 15.4 Å². The second-order valence-electron chi connectivity index (χ2n) is 4.77. The molecular formula is C13H22N4O. The predicted octanol–water partition coefficient (Wildman–Crippen LogP) is 1.50. The second kappa shape index (κ2) is 6.00. The van der Waals surface area contributed by atoms with Crippen LogP contribution < -0.4 is 15.4 Å². The molecule has 1 aliphatic carbocycles. The molecule has 1 saturated carbocycles. The quantitative estimate of drug-likeness (QED) is 0.829. The first-order valence-corrected chi connectivity index (χ1v) is 6.61. The highest BCUT2D eigenvalue weighted by molar-refractivity contribution is 5.36. The summed E-state index contributed by atoms with van der Waals surface area (Å²) in [5.74, 6) is 1.42. The minimum atomic E-state index is 0.572. The van der Waals surface area contributed by atoms with Gasteiger partial charge in [0, 0.05) is 24.3 Å². The average molecular weight is 250 g/mol. The fourth-order valence-corrected chi connectivity index (χ4v) is 2.16. The van der Waals surface area contributed by atoms with Crippen molar-refractivity contribution in [3.63, 3.8) is 0 Å². The van der Waals surface area contributed by atoms with Crippen molar-refractivity contribution < 1.29 is 4.74 Å². The maximum Gasteiger partial charge on any atom is 0.229 e. The van der Waals surface area contributed by atoms with Gasteiger partial charge in [0.1, 0.15) is 0 Å². The summed E-state index contributed by atoms with van der Waals surface area (Å²) >= 11 is 0. The second-order valence-corrected chi connectivity index (χ2v) is 4.77. The van der Waals surface area contributed by atoms with E-state index < -0.39 is 0 Å². The van der Waals surface area contributed by atoms with E-state index in [1.807, 2.05) is 13.0 Å². The maximum atomic E-state index is 5.61. The van der Waals surface area contributed by atoms with Crippen molar-refractivity contribution in [2.75, 3.05) is 25.1 Å². The van der Waals surface area contributed by atoms with Crippen LogP contribution in [-0.2, 0) is 0 Å². The minimum Gasteiger partial charge on any atom is -0.481 e. The van der Waals surface area contributed by atoms with Crippen molar-refractivity contribution in [1.82, 2.24) is 9.97 Å². The van der Waals surface area contributed by atoms with E-state index in [1.165, 1.54) is 19.3 Å². The van der Waals surface area contributed by atoms with Crippen LogP contribution in [-0.4, -0.2) is 36.2 Å². The molecule has 0 aliphatic heterocycles. The Morgan fingerprint density at radius 1 is 1.44 bits per heavy atom. The highest BCUT2D eigenvalue weighted by Crippen LogP contribution is 2.28. The zero-order valence-electron chi connectivity index (χ0n) is 11.2. The van der Waals surface area contributed by atoms with E-state index in [0.29, 0.717) is 18.5 Å². The number of ether oxygens (including phenoxy) is 1. The molecule has 1 fully saturated rings. The Bertz CT molecular complexity index is 393. The first-order valence-electron chi connectivity index (χ1n) is 6.61. The summed E-state index contributed by atoms with van der Waals surface area (Å²) in [5, 5.41) is 0. The van der Waals surface area contributed by atoms with Crippen molar-refractivity contribution in [2.45, 2.75) is 38.6 Å². The van der Waals surface area contributed by atoms with Crippen molar-refractivity contribution in [2.24, 2.45) is 5.73 Å². The molecule has 1 aliphatic rings. The molecule has 0 unspecified atom stereocenters. The Kier molecular flexibility index (Phi) is 4.36. The van der Waals surface area contributed by atoms with Gasteiger partial charge in [0.05, 0.1) is 7.11 Å². The van der Waals surface area contributed by atoms with E-state index in [1.54, 1.807) is 7.11 Å². The van der Waals surface area contributed by atoms with Crippen LogP contribution in [0.2, 0.25) is 0 Å². The highest BCUT2D eigenvalue weighted by atomic mass is 16.5. The summed E-state index contributed by atoms with van der Waals surface area (Å²) in [5.41, 5.74) is 6.55. The molecule has 5 heteroatoms. The molecule has 2 rings (SSSR count). The Hall–Kier alpha value is -1.36. The molecule has 0 radical (unpaired) electrons. The minimum absolute atomic E-state index is 0.572. The van der Waals surface area contributed by atoms with Crippen molar-refractivity contribution >= 4 is 5.95 Å². The third-order valence-corrected chi connectivity index (χ3v) is 3.40. The van der Waals surface area contributed by atoms with Crippen LogP contribution in [0.1, 0.15) is 31.4 Å². The first kappa shape index (κ1) is 13.1. The highest BCUT2D eigenvalue weighted by Gasteiger charge is 2.26. The van der Waals surface area contributed by atoms with Crippen LogP contribution >= 0.6 is 0 Å². The normalized spacial score (nSPS) is 15.3. The zero-order valence-corrected chi connectivity index (χ0v) is 11.2. The summed E-state index contributed by atoms with van der Waals surface area (Å²) in [6.45, 7) is 3.59. The average Bonchev–Trinajstić information content (AvgIpc) is 2.31. The molecule has 18 heavy (non-hydrogen) atoms. The standard InChI is InChI=1S/C13H22N4O/c1-10-9-12(18-2)16-13(15-10)17(8-4-7-14)11-5-3-6-11/h9,11H,3-8,14H2,1-2H3. The van der Waals surface area contributed by atoms with Gasteiger partial charge in [0.15, 0.2) is 0 Å². The summed E-state index contributed by atoms with van der Waals surface area (Å²) in [6, 6.07) is 2.42. The van der Waals surface area contributed by atoms with Crippen molar-refractivity contribution in [3.05, 3.63) is 11.8 Å². The Labute approximate surface area is 108 Å². The Morgan fingerprint density at radius 2 is 2.22 bits per heavy atom. The lowest BCUT2D eigenvalue weighted by Crippen LogP contribution is -2.42. The molecule has 0 bridgehead atoms. The molecule has 0 aromatic carbocycles. The zero-order chi connectivity index (χ0) is 13.0. The van der Waals surface area contributed by atoms with Gasteiger partial charge in [-0.05, 0) is 39.2 Å². The molecule has 1 aromatic heterocycles. The third-order valence-electron chi connectivity index (χ3n) is 3.40. The fraction of sp³-hybridized carbons (Fsp3) is 0.692. The van der Waals surface area contributed by atoms with E-state index in [9.17, 15) is 0 Å². The van der Waals surface area contributed by atoms with E-state index >= 15 is 0 Å². The molecule has 2 N–H and O–H groups in total. The van der Waals surface area contributed by atoms with Gasteiger partial charge in [-0.25, -0.2) is 4.98 Å². The number of hydrogen-bond acceptors (Lipinski definition) is 5. The number of hydrogen-bond donors (Lipinski definition) is 1. The topological polar surface area (TPSA) is 64.3 Å². The summed E-state index contributed by atoms with van der Waals surface area (Å²) in [6.07, 6.45) is 4.72. The van der Waals surface area contributed by atoms with Crippen LogP contribution in [0.5, 0.6) is 5.88 Å². The maximum absolute atomic E-state index is 5.61. The van der Waals surface area contributed by atoms with E-state index in [-0.39, 0.29) is 0 Å². The van der Waals surface area contributed by atoms with Crippen LogP contribution in [0.15, 0.2) is 6.07 Å². The fourth-order valence-electron chi connectivity index (χ4n) is 2.16. The number of aromatic nitrogens is 2. The molecule has 0 spiro atoms. The first-order chi connectivity index (χ1) is 8.74. The van der Waals surface area contributed by atoms with Gasteiger partial charge in [0.25, 0.3) is 0 Å². The molecule has 100 valence electrons. The number of methoxy groups -OCH3 is 1. The lowest BCUT2D eigenvalue weighted by atomic mass is 9.91. The lowest BCUT2D eigenvalue weighted by molar-refractivity contribution is 0.372. The molecule has 1 aromatic rings. The van der Waals surface area contributed by atoms with Crippen molar-refractivity contribution in [3.8, 4) is 5.88 Å². The molecule has 0 atom stereocenters. The molecular weight excluding hydrogens is 228 g/mol. The molecule has 0 amide bonds. The van der Waals surface area contributed by atoms with Crippen LogP contribution in [0.3, 0.4) is 0 Å². The Morgan fingerprint density at radius 3 is 2.78 bits per heavy atom. The molecule has 0 saturated heterocycles. The van der Waals surface area contributed by atoms with Crippen LogP contribution in [0.4, 0.5) is 5.95 Å². The van der Waals surface area contributed by atoms with E-state index in [2.05, 4.69) is 14.9 Å². The van der Waals surface area contributed by atoms with Crippen molar-refractivity contribution in [1.29, 1.82) is 0 Å². The largest absolute Gasteiger partial charge is 0.481 e. The van der Waals surface area contributed by atoms with E-state index in [0.717, 1.165) is 24.6 Å². The van der Waals surface area contributed by atoms with Gasteiger partial charge in [0.2, 0.25) is 11.8 Å². The number of aryl methyl sites for hydroxylation is 1. The molecule has 5 nitrogen and oxygen atoms in total. The lowest BCUT2D eigenvalue weighted by Gasteiger charge is -2.37. The third kappa shape index (κ3) is 2.90. The smallest absolute Gasteiger partial charge is 0.229 e. The Balaban J connectivity index is 2.19. The van der Waals surface area contributed by atoms with Gasteiger partial charge in [-0.2, -0.15) is 4.98 Å². The van der Waals surface area contributed by atoms with Gasteiger partial charge in [-0.15, -0.1) is 0 Å². The SMILES string of the molecule is COc1cc(C)nc(N(CCCN)C2CCC2)n1. The predicted molar refractivity (Wildman–Crippen MR) is 72.0 cm³/mol. The summed E-state index contributed by atoms with van der Waals surface area (Å²) in [4.78, 5) is 11.3. The number of nitrogens with zero attached hydrogens (tertiary/aromatic N) is 3. The number of rotatable bonds is 6. The van der Waals surface area contributed by atoms with E-state index in [4.69, 9.17) is 10.5 Å². The van der Waals surface area contributed by atoms with Gasteiger partial charge >= 0.3 is 0 Å². The molecule has 1 heterocycles. The summed E-state index contributed by atoms with van der Waals surface area (Å²) < 4.78 is 5.22. The van der Waals surface area contributed by atoms with Crippen LogP contribution in [0.25, 0.3) is 0 Å². The van der Waals surface area contributed by atoms with Gasteiger partial charge in [-0.1, -0.05) is 0 Å².